The van der Waals surface area contributed by atoms with E-state index in [-0.39, 0.29) is 17.5 Å². The Bertz CT molecular complexity index is 1130. The fourth-order valence-corrected chi connectivity index (χ4v) is 4.63. The van der Waals surface area contributed by atoms with Gasteiger partial charge in [-0.3, -0.25) is 9.36 Å². The van der Waals surface area contributed by atoms with Crippen molar-refractivity contribution in [2.75, 3.05) is 16.4 Å². The number of thioether (sulfide) groups is 1. The van der Waals surface area contributed by atoms with Gasteiger partial charge in [0.25, 0.3) is 0 Å². The van der Waals surface area contributed by atoms with E-state index in [0.717, 1.165) is 29.2 Å². The first-order valence-corrected chi connectivity index (χ1v) is 11.2. The highest BCUT2D eigenvalue weighted by Gasteiger charge is 2.23. The molecule has 1 aliphatic carbocycles. The van der Waals surface area contributed by atoms with Gasteiger partial charge in [-0.15, -0.1) is 10.2 Å². The summed E-state index contributed by atoms with van der Waals surface area (Å²) < 4.78 is 15.8. The van der Waals surface area contributed by atoms with Crippen LogP contribution in [0.2, 0.25) is 0 Å². The fourth-order valence-electron chi connectivity index (χ4n) is 3.00. The van der Waals surface area contributed by atoms with Gasteiger partial charge >= 0.3 is 0 Å². The molecule has 2 aromatic heterocycles. The summed E-state index contributed by atoms with van der Waals surface area (Å²) in [5.41, 5.74) is 2.63. The first kappa shape index (κ1) is 20.4. The molecule has 1 amide bonds. The molecule has 0 bridgehead atoms. The molecule has 0 aliphatic heterocycles. The van der Waals surface area contributed by atoms with E-state index >= 15 is 0 Å². The molecular weight excluding hydrogens is 423 g/mol. The predicted octanol–water partition coefficient (Wildman–Crippen LogP) is 4.26. The molecule has 1 aromatic carbocycles. The smallest absolute Gasteiger partial charge is 0.235 e. The van der Waals surface area contributed by atoms with Crippen LogP contribution in [0, 0.1) is 31.0 Å². The number of aromatic nitrogens is 3. The second-order valence-corrected chi connectivity index (χ2v) is 9.19. The zero-order valence-electron chi connectivity index (χ0n) is 16.4. The van der Waals surface area contributed by atoms with Crippen LogP contribution in [0.1, 0.15) is 29.7 Å². The highest BCUT2D eigenvalue weighted by molar-refractivity contribution is 8.01. The Hall–Kier alpha value is -2.90. The van der Waals surface area contributed by atoms with Crippen LogP contribution in [0.15, 0.2) is 28.6 Å². The normalized spacial score (nSPS) is 13.1. The van der Waals surface area contributed by atoms with Gasteiger partial charge in [0.05, 0.1) is 11.3 Å². The molecule has 0 unspecified atom stereocenters. The maximum atomic E-state index is 13.4. The fraction of sp³-hybridized carbons (Fsp3) is 0.300. The van der Waals surface area contributed by atoms with Gasteiger partial charge in [0, 0.05) is 17.4 Å². The number of nitrogens with zero attached hydrogens (tertiary/aromatic N) is 4. The number of anilines is 2. The summed E-state index contributed by atoms with van der Waals surface area (Å²) in [6.45, 7) is 3.69. The number of carbonyl (C=O) groups is 1. The van der Waals surface area contributed by atoms with Crippen LogP contribution >= 0.6 is 23.1 Å². The number of nitriles is 1. The molecule has 0 radical (unpaired) electrons. The number of rotatable bonds is 7. The molecule has 0 atom stereocenters. The second-order valence-electron chi connectivity index (χ2n) is 6.99. The third-order valence-corrected chi connectivity index (χ3v) is 6.79. The summed E-state index contributed by atoms with van der Waals surface area (Å²) in [6.07, 6.45) is 2.30. The van der Waals surface area contributed by atoms with Crippen molar-refractivity contribution >= 4 is 40.0 Å². The molecule has 0 spiro atoms. The van der Waals surface area contributed by atoms with Gasteiger partial charge in [0.2, 0.25) is 11.0 Å². The summed E-state index contributed by atoms with van der Waals surface area (Å²) in [5.74, 6) is -0.0898. The first-order valence-electron chi connectivity index (χ1n) is 9.37. The Morgan fingerprint density at radius 2 is 2.07 bits per heavy atom. The number of halogens is 1. The Morgan fingerprint density at radius 3 is 2.73 bits per heavy atom. The van der Waals surface area contributed by atoms with Crippen molar-refractivity contribution in [2.24, 2.45) is 0 Å². The Labute approximate surface area is 181 Å². The first-order chi connectivity index (χ1) is 14.5. The minimum Gasteiger partial charge on any atom is -0.357 e. The van der Waals surface area contributed by atoms with Crippen molar-refractivity contribution in [3.63, 3.8) is 0 Å². The van der Waals surface area contributed by atoms with Crippen LogP contribution in [0.25, 0.3) is 5.69 Å². The maximum Gasteiger partial charge on any atom is 0.235 e. The van der Waals surface area contributed by atoms with E-state index < -0.39 is 0 Å². The molecule has 10 heteroatoms. The lowest BCUT2D eigenvalue weighted by Gasteiger charge is -2.13. The van der Waals surface area contributed by atoms with E-state index in [1.54, 1.807) is 16.7 Å². The summed E-state index contributed by atoms with van der Waals surface area (Å²) in [5, 5.41) is 24.7. The summed E-state index contributed by atoms with van der Waals surface area (Å²) in [4.78, 5) is 12.6. The van der Waals surface area contributed by atoms with Crippen molar-refractivity contribution in [2.45, 2.75) is 37.1 Å². The minimum atomic E-state index is -0.352. The standard InChI is InChI=1S/C20H19FN6OS2/c1-11-12(2)27(15-7-3-13(21)4-8-15)18(16(11)9-22)24-17(28)10-29-20-26-25-19(30-20)23-14-5-6-14/h3-4,7-8,14H,5-6,10H2,1-2H3,(H,23,25)(H,24,28). The molecule has 1 aliphatic rings. The van der Waals surface area contributed by atoms with Gasteiger partial charge in [0.15, 0.2) is 4.34 Å². The average molecular weight is 443 g/mol. The van der Waals surface area contributed by atoms with Crippen molar-refractivity contribution in [3.8, 4) is 11.8 Å². The van der Waals surface area contributed by atoms with Gasteiger partial charge in [-0.25, -0.2) is 4.39 Å². The van der Waals surface area contributed by atoms with E-state index in [2.05, 4.69) is 26.9 Å². The summed E-state index contributed by atoms with van der Waals surface area (Å²) >= 11 is 2.72. The number of hydrogen-bond acceptors (Lipinski definition) is 7. The van der Waals surface area contributed by atoms with Crippen molar-refractivity contribution in [3.05, 3.63) is 46.9 Å². The number of amides is 1. The molecule has 2 heterocycles. The average Bonchev–Trinajstić information content (AvgIpc) is 3.37. The highest BCUT2D eigenvalue weighted by Crippen LogP contribution is 2.32. The number of hydrogen-bond donors (Lipinski definition) is 2. The van der Waals surface area contributed by atoms with Crippen LogP contribution in [0.5, 0.6) is 0 Å². The van der Waals surface area contributed by atoms with Gasteiger partial charge < -0.3 is 10.6 Å². The molecule has 154 valence electrons. The largest absolute Gasteiger partial charge is 0.357 e. The number of nitrogens with one attached hydrogen (secondary N) is 2. The quantitative estimate of drug-likeness (QED) is 0.531. The maximum absolute atomic E-state index is 13.4. The van der Waals surface area contributed by atoms with E-state index in [1.807, 2.05) is 13.8 Å². The van der Waals surface area contributed by atoms with Crippen molar-refractivity contribution in [1.82, 2.24) is 14.8 Å². The van der Waals surface area contributed by atoms with Gasteiger partial charge in [-0.2, -0.15) is 5.26 Å². The molecule has 1 fully saturated rings. The lowest BCUT2D eigenvalue weighted by molar-refractivity contribution is -0.113. The topological polar surface area (TPSA) is 95.6 Å². The SMILES string of the molecule is Cc1c(C#N)c(NC(=O)CSc2nnc(NC3CC3)s2)n(-c2ccc(F)cc2)c1C. The minimum absolute atomic E-state index is 0.135. The van der Waals surface area contributed by atoms with E-state index in [0.29, 0.717) is 27.5 Å². The number of benzene rings is 1. The second kappa shape index (κ2) is 8.45. The molecule has 7 nitrogen and oxygen atoms in total. The molecule has 30 heavy (non-hydrogen) atoms. The Balaban J connectivity index is 1.50. The van der Waals surface area contributed by atoms with Gasteiger partial charge in [0.1, 0.15) is 17.7 Å². The van der Waals surface area contributed by atoms with Crippen molar-refractivity contribution < 1.29 is 9.18 Å². The van der Waals surface area contributed by atoms with Crippen LogP contribution in [0.3, 0.4) is 0 Å². The van der Waals surface area contributed by atoms with E-state index in [1.165, 1.54) is 35.2 Å². The van der Waals surface area contributed by atoms with Crippen LogP contribution in [0.4, 0.5) is 15.3 Å². The highest BCUT2D eigenvalue weighted by atomic mass is 32.2. The zero-order valence-corrected chi connectivity index (χ0v) is 18.0. The van der Waals surface area contributed by atoms with Gasteiger partial charge in [-0.05, 0) is 56.5 Å². The molecule has 4 rings (SSSR count). The Morgan fingerprint density at radius 1 is 1.33 bits per heavy atom. The molecule has 0 saturated heterocycles. The van der Waals surface area contributed by atoms with Gasteiger partial charge in [-0.1, -0.05) is 23.1 Å². The molecule has 2 N–H and O–H groups in total. The molecule has 3 aromatic rings. The predicted molar refractivity (Wildman–Crippen MR) is 116 cm³/mol. The lowest BCUT2D eigenvalue weighted by atomic mass is 10.2. The van der Waals surface area contributed by atoms with Crippen molar-refractivity contribution in [1.29, 1.82) is 5.26 Å². The lowest BCUT2D eigenvalue weighted by Crippen LogP contribution is -2.17. The van der Waals surface area contributed by atoms with E-state index in [9.17, 15) is 14.4 Å². The number of carbonyl (C=O) groups excluding carboxylic acids is 1. The molecule has 1 saturated carbocycles. The monoisotopic (exact) mass is 442 g/mol. The summed E-state index contributed by atoms with van der Waals surface area (Å²) in [6, 6.07) is 8.59. The van der Waals surface area contributed by atoms with E-state index in [4.69, 9.17) is 0 Å². The third-order valence-electron chi connectivity index (χ3n) is 4.81. The zero-order chi connectivity index (χ0) is 21.3. The van der Waals surface area contributed by atoms with Crippen LogP contribution in [-0.2, 0) is 4.79 Å². The molecular formula is C20H19FN6OS2. The van der Waals surface area contributed by atoms with Crippen LogP contribution in [-0.4, -0.2) is 32.5 Å². The van der Waals surface area contributed by atoms with Crippen LogP contribution < -0.4 is 10.6 Å². The summed E-state index contributed by atoms with van der Waals surface area (Å²) in [7, 11) is 0. The third kappa shape index (κ3) is 4.32. The Kier molecular flexibility index (Phi) is 5.74.